The van der Waals surface area contributed by atoms with Crippen molar-refractivity contribution in [3.63, 3.8) is 0 Å². The van der Waals surface area contributed by atoms with Crippen LogP contribution in [-0.2, 0) is 71.2 Å². The van der Waals surface area contributed by atoms with Crippen LogP contribution in [0.25, 0.3) is 0 Å². The van der Waals surface area contributed by atoms with E-state index in [0.29, 0.717) is 0 Å². The number of carbonyl (C=O) groups is 6. The highest BCUT2D eigenvalue weighted by atomic mass is 16.8. The summed E-state index contributed by atoms with van der Waals surface area (Å²) in [5.74, 6) is -2.28. The Bertz CT molecular complexity index is 1110. The van der Waals surface area contributed by atoms with Gasteiger partial charge in [-0.2, -0.15) is 0 Å². The van der Waals surface area contributed by atoms with Gasteiger partial charge in [0, 0.05) is 0 Å². The maximum atomic E-state index is 12.5. The van der Waals surface area contributed by atoms with Crippen molar-refractivity contribution in [1.29, 1.82) is 0 Å². The molecule has 0 spiro atoms. The topological polar surface area (TPSA) is 274 Å². The van der Waals surface area contributed by atoms with Gasteiger partial charge in [0.1, 0.15) is 52.9 Å². The van der Waals surface area contributed by atoms with Crippen LogP contribution in [0, 0.1) is 0 Å². The predicted molar refractivity (Wildman–Crippen MR) is 179 cm³/mol. The van der Waals surface area contributed by atoms with E-state index in [0.717, 1.165) is 0 Å². The molecule has 3 unspecified atom stereocenters. The number of rotatable bonds is 26. The summed E-state index contributed by atoms with van der Waals surface area (Å²) in [6.45, 7) is 8.50. The summed E-state index contributed by atoms with van der Waals surface area (Å²) in [5.41, 5.74) is -4.35. The lowest BCUT2D eigenvalue weighted by molar-refractivity contribution is -0.177. The summed E-state index contributed by atoms with van der Waals surface area (Å²) < 4.78 is 61.4. The van der Waals surface area contributed by atoms with E-state index in [1.54, 1.807) is 0 Å². The smallest absolute Gasteiger partial charge is 0.461 e. The Morgan fingerprint density at radius 1 is 0.426 bits per heavy atom. The van der Waals surface area contributed by atoms with Gasteiger partial charge in [-0.05, 0) is 62.3 Å². The zero-order valence-corrected chi connectivity index (χ0v) is 32.3. The molecule has 0 bridgehead atoms. The molecular formula is C33H56O21. The van der Waals surface area contributed by atoms with Crippen molar-refractivity contribution in [3.05, 3.63) is 0 Å². The molecule has 21 nitrogen and oxygen atoms in total. The van der Waals surface area contributed by atoms with Crippen LogP contribution in [0.4, 0.5) is 14.4 Å². The Morgan fingerprint density at radius 3 is 0.963 bits per heavy atom. The van der Waals surface area contributed by atoms with Crippen LogP contribution in [0.5, 0.6) is 0 Å². The zero-order chi connectivity index (χ0) is 41.5. The minimum Gasteiger partial charge on any atom is -0.461 e. The molecule has 21 heteroatoms. The molecule has 0 aromatic carbocycles. The van der Waals surface area contributed by atoms with Gasteiger partial charge in [-0.3, -0.25) is 0 Å². The summed E-state index contributed by atoms with van der Waals surface area (Å²) in [7, 11) is 0. The first-order valence-electron chi connectivity index (χ1n) is 16.9. The van der Waals surface area contributed by atoms with Crippen molar-refractivity contribution in [2.24, 2.45) is 0 Å². The van der Waals surface area contributed by atoms with Crippen LogP contribution in [0.2, 0.25) is 0 Å². The SMILES string of the molecule is CC(COC(=O)OCC(COC(=O)OCC(C)OC(C)(C)C(=O)OCCO)OC(=O)OCC(C)OC(C)(C)C(=O)OCCO)OC(C)(C)C(=O)OCCO. The molecule has 0 heterocycles. The summed E-state index contributed by atoms with van der Waals surface area (Å²) in [4.78, 5) is 73.6. The number of hydrogen-bond acceptors (Lipinski definition) is 21. The molecule has 0 amide bonds. The molecule has 54 heavy (non-hydrogen) atoms. The average molecular weight is 789 g/mol. The zero-order valence-electron chi connectivity index (χ0n) is 32.3. The number of aliphatic hydroxyl groups excluding tert-OH is 3. The number of aliphatic hydroxyl groups is 3. The van der Waals surface area contributed by atoms with E-state index in [-0.39, 0.29) is 52.9 Å². The highest BCUT2D eigenvalue weighted by Gasteiger charge is 2.35. The maximum Gasteiger partial charge on any atom is 0.508 e. The Kier molecular flexibility index (Phi) is 23.3. The van der Waals surface area contributed by atoms with E-state index >= 15 is 0 Å². The molecule has 0 rings (SSSR count). The molecule has 0 radical (unpaired) electrons. The largest absolute Gasteiger partial charge is 0.508 e. The molecule has 0 aromatic heterocycles. The van der Waals surface area contributed by atoms with Gasteiger partial charge in [-0.1, -0.05) is 0 Å². The van der Waals surface area contributed by atoms with E-state index < -0.39 is 97.4 Å². The monoisotopic (exact) mass is 788 g/mol. The fraction of sp³-hybridized carbons (Fsp3) is 0.818. The van der Waals surface area contributed by atoms with Crippen LogP contribution in [-0.4, -0.2) is 166 Å². The first-order valence-corrected chi connectivity index (χ1v) is 16.9. The summed E-state index contributed by atoms with van der Waals surface area (Å²) in [6.07, 6.45) is -7.80. The standard InChI is InChI=1S/C33H56O21/c1-21(52-31(4,5)25(37)43-13-10-34)16-46-28(40)49-19-24(51-30(42)48-18-23(3)54-33(8,9)27(39)45-15-12-36)20-50-29(41)47-17-22(2)53-32(6,7)26(38)44-14-11-35/h21-24,34-36H,10-20H2,1-9H3. The van der Waals surface area contributed by atoms with Gasteiger partial charge < -0.3 is 72.2 Å². The highest BCUT2D eigenvalue weighted by Crippen LogP contribution is 2.17. The first-order chi connectivity index (χ1) is 25.1. The van der Waals surface area contributed by atoms with Crippen LogP contribution < -0.4 is 0 Å². The molecule has 0 aliphatic heterocycles. The Morgan fingerprint density at radius 2 is 0.685 bits per heavy atom. The van der Waals surface area contributed by atoms with Gasteiger partial charge in [0.25, 0.3) is 0 Å². The van der Waals surface area contributed by atoms with Gasteiger partial charge in [-0.15, -0.1) is 0 Å². The predicted octanol–water partition coefficient (Wildman–Crippen LogP) is 0.972. The lowest BCUT2D eigenvalue weighted by atomic mass is 10.1. The van der Waals surface area contributed by atoms with Crippen molar-refractivity contribution in [1.82, 2.24) is 0 Å². The van der Waals surface area contributed by atoms with E-state index in [1.807, 2.05) is 0 Å². The second kappa shape index (κ2) is 25.1. The van der Waals surface area contributed by atoms with Crippen molar-refractivity contribution in [2.45, 2.75) is 104 Å². The third-order valence-corrected chi connectivity index (χ3v) is 6.28. The first kappa shape index (κ1) is 50.0. The Labute approximate surface area is 313 Å². The third kappa shape index (κ3) is 21.6. The number of hydrogen-bond donors (Lipinski definition) is 3. The minimum absolute atomic E-state index is 0.231. The molecule has 3 N–H and O–H groups in total. The summed E-state index contributed by atoms with van der Waals surface area (Å²) in [5, 5.41) is 26.5. The van der Waals surface area contributed by atoms with Gasteiger partial charge in [0.05, 0.1) is 38.1 Å². The molecule has 0 saturated carbocycles. The second-order valence-electron chi connectivity index (χ2n) is 12.9. The van der Waals surface area contributed by atoms with E-state index in [2.05, 4.69) is 0 Å². The maximum absolute atomic E-state index is 12.5. The number of carbonyl (C=O) groups excluding carboxylic acids is 6. The molecule has 0 aliphatic rings. The highest BCUT2D eigenvalue weighted by molar-refractivity contribution is 5.79. The molecular weight excluding hydrogens is 732 g/mol. The normalized spacial score (nSPS) is 14.0. The Hall–Kier alpha value is -4.02. The van der Waals surface area contributed by atoms with Crippen molar-refractivity contribution in [2.75, 3.05) is 72.7 Å². The van der Waals surface area contributed by atoms with Crippen LogP contribution in [0.1, 0.15) is 62.3 Å². The third-order valence-electron chi connectivity index (χ3n) is 6.28. The van der Waals surface area contributed by atoms with Gasteiger partial charge in [0.2, 0.25) is 0 Å². The molecule has 3 atom stereocenters. The molecule has 0 fully saturated rings. The second-order valence-corrected chi connectivity index (χ2v) is 12.9. The van der Waals surface area contributed by atoms with Crippen LogP contribution in [0.3, 0.4) is 0 Å². The summed E-state index contributed by atoms with van der Waals surface area (Å²) in [6, 6.07) is 0. The van der Waals surface area contributed by atoms with E-state index in [9.17, 15) is 28.8 Å². The molecule has 0 aliphatic carbocycles. The fourth-order valence-corrected chi connectivity index (χ4v) is 3.94. The molecule has 0 saturated heterocycles. The van der Waals surface area contributed by atoms with Crippen LogP contribution >= 0.6 is 0 Å². The minimum atomic E-state index is -1.47. The molecule has 314 valence electrons. The van der Waals surface area contributed by atoms with Gasteiger partial charge in [-0.25, -0.2) is 28.8 Å². The quantitative estimate of drug-likeness (QED) is 0.0813. The lowest BCUT2D eigenvalue weighted by Gasteiger charge is -2.27. The average Bonchev–Trinajstić information content (AvgIpc) is 3.09. The summed E-state index contributed by atoms with van der Waals surface area (Å²) >= 11 is 0. The fourth-order valence-electron chi connectivity index (χ4n) is 3.94. The number of esters is 3. The van der Waals surface area contributed by atoms with Gasteiger partial charge in [0.15, 0.2) is 22.9 Å². The van der Waals surface area contributed by atoms with E-state index in [4.69, 9.17) is 72.2 Å². The molecule has 0 aromatic rings. The van der Waals surface area contributed by atoms with Crippen molar-refractivity contribution in [3.8, 4) is 0 Å². The van der Waals surface area contributed by atoms with Crippen LogP contribution in [0.15, 0.2) is 0 Å². The van der Waals surface area contributed by atoms with Gasteiger partial charge >= 0.3 is 36.4 Å². The number of ether oxygens (including phenoxy) is 12. The van der Waals surface area contributed by atoms with Crippen molar-refractivity contribution < 1.29 is 101 Å². The van der Waals surface area contributed by atoms with E-state index in [1.165, 1.54) is 62.3 Å². The Balaban J connectivity index is 5.30. The van der Waals surface area contributed by atoms with Crippen molar-refractivity contribution >= 4 is 36.4 Å². The lowest BCUT2D eigenvalue weighted by Crippen LogP contribution is -2.41.